The lowest BCUT2D eigenvalue weighted by Gasteiger charge is -2.10. The number of benzene rings is 2. The van der Waals surface area contributed by atoms with Gasteiger partial charge in [-0.25, -0.2) is 8.42 Å². The molecule has 2 N–H and O–H groups in total. The maximum Gasteiger partial charge on any atom is 0.229 e. The first-order valence-corrected chi connectivity index (χ1v) is 8.19. The molecule has 0 saturated heterocycles. The van der Waals surface area contributed by atoms with Crippen molar-refractivity contribution in [2.24, 2.45) is 0 Å². The van der Waals surface area contributed by atoms with Gasteiger partial charge in [-0.05, 0) is 36.2 Å². The van der Waals surface area contributed by atoms with E-state index in [1.807, 2.05) is 24.3 Å². The molecule has 0 unspecified atom stereocenters. The van der Waals surface area contributed by atoms with Crippen LogP contribution in [0.5, 0.6) is 0 Å². The summed E-state index contributed by atoms with van der Waals surface area (Å²) in [6, 6.07) is 15.4. The molecule has 20 heavy (non-hydrogen) atoms. The van der Waals surface area contributed by atoms with Crippen molar-refractivity contribution in [2.75, 3.05) is 16.3 Å². The molecular formula is C15H18N2O2S. The van der Waals surface area contributed by atoms with Crippen LogP contribution < -0.4 is 10.0 Å². The lowest BCUT2D eigenvalue weighted by atomic mass is 10.1. The molecule has 0 fully saturated rings. The summed E-state index contributed by atoms with van der Waals surface area (Å²) >= 11 is 0. The number of sulfonamides is 1. The van der Waals surface area contributed by atoms with E-state index in [0.717, 1.165) is 11.9 Å². The van der Waals surface area contributed by atoms with Gasteiger partial charge >= 0.3 is 0 Å². The molecule has 2 rings (SSSR count). The van der Waals surface area contributed by atoms with Crippen molar-refractivity contribution in [3.05, 3.63) is 59.7 Å². The van der Waals surface area contributed by atoms with Crippen LogP contribution in [0.3, 0.4) is 0 Å². The zero-order valence-corrected chi connectivity index (χ0v) is 12.4. The molecule has 0 aliphatic carbocycles. The average molecular weight is 290 g/mol. The minimum Gasteiger partial charge on any atom is -0.381 e. The fourth-order valence-electron chi connectivity index (χ4n) is 1.91. The average Bonchev–Trinajstić information content (AvgIpc) is 2.36. The molecule has 0 amide bonds. The predicted molar refractivity (Wildman–Crippen MR) is 83.4 cm³/mol. The largest absolute Gasteiger partial charge is 0.381 e. The summed E-state index contributed by atoms with van der Waals surface area (Å²) in [6.07, 6.45) is 1.14. The van der Waals surface area contributed by atoms with E-state index in [-0.39, 0.29) is 0 Å². The van der Waals surface area contributed by atoms with Gasteiger partial charge in [0.1, 0.15) is 0 Å². The third-order valence-electron chi connectivity index (χ3n) is 2.91. The molecule has 0 aromatic heterocycles. The van der Waals surface area contributed by atoms with Gasteiger partial charge in [0, 0.05) is 12.2 Å². The van der Waals surface area contributed by atoms with Crippen molar-refractivity contribution in [2.45, 2.75) is 13.5 Å². The zero-order valence-electron chi connectivity index (χ0n) is 11.6. The van der Waals surface area contributed by atoms with Crippen molar-refractivity contribution in [1.82, 2.24) is 0 Å². The van der Waals surface area contributed by atoms with Gasteiger partial charge in [0.15, 0.2) is 0 Å². The van der Waals surface area contributed by atoms with Crippen molar-refractivity contribution in [1.29, 1.82) is 0 Å². The lowest BCUT2D eigenvalue weighted by molar-refractivity contribution is 0.607. The van der Waals surface area contributed by atoms with Gasteiger partial charge in [0.25, 0.3) is 0 Å². The van der Waals surface area contributed by atoms with Gasteiger partial charge in [-0.15, -0.1) is 0 Å². The van der Waals surface area contributed by atoms with Crippen LogP contribution in [0.4, 0.5) is 11.4 Å². The third-order valence-corrected chi connectivity index (χ3v) is 3.52. The molecule has 0 saturated carbocycles. The van der Waals surface area contributed by atoms with Gasteiger partial charge in [-0.3, -0.25) is 4.72 Å². The van der Waals surface area contributed by atoms with E-state index in [1.54, 1.807) is 12.1 Å². The Hall–Kier alpha value is -2.01. The Morgan fingerprint density at radius 2 is 1.70 bits per heavy atom. The fraction of sp³-hybridized carbons (Fsp3) is 0.200. The van der Waals surface area contributed by atoms with Crippen LogP contribution in [0.15, 0.2) is 48.5 Å². The van der Waals surface area contributed by atoms with Crippen LogP contribution in [0.1, 0.15) is 11.1 Å². The summed E-state index contributed by atoms with van der Waals surface area (Å²) in [7, 11) is -3.25. The molecule has 0 atom stereocenters. The van der Waals surface area contributed by atoms with Crippen LogP contribution in [-0.4, -0.2) is 14.7 Å². The highest BCUT2D eigenvalue weighted by Crippen LogP contribution is 2.17. The Morgan fingerprint density at radius 1 is 1.00 bits per heavy atom. The Morgan fingerprint density at radius 3 is 2.40 bits per heavy atom. The van der Waals surface area contributed by atoms with Gasteiger partial charge in [-0.1, -0.05) is 30.3 Å². The molecule has 106 valence electrons. The summed E-state index contributed by atoms with van der Waals surface area (Å²) < 4.78 is 24.9. The van der Waals surface area contributed by atoms with Gasteiger partial charge in [0.05, 0.1) is 11.9 Å². The SMILES string of the molecule is Cc1ccccc1CNc1cccc(NS(C)(=O)=O)c1. The van der Waals surface area contributed by atoms with E-state index in [9.17, 15) is 8.42 Å². The molecule has 0 radical (unpaired) electrons. The summed E-state index contributed by atoms with van der Waals surface area (Å²) in [4.78, 5) is 0. The number of nitrogens with one attached hydrogen (secondary N) is 2. The predicted octanol–water partition coefficient (Wildman–Crippen LogP) is 2.98. The number of rotatable bonds is 5. The summed E-state index contributed by atoms with van der Waals surface area (Å²) in [6.45, 7) is 2.77. The van der Waals surface area contributed by atoms with E-state index in [4.69, 9.17) is 0 Å². The van der Waals surface area contributed by atoms with Gasteiger partial charge < -0.3 is 5.32 Å². The summed E-state index contributed by atoms with van der Waals surface area (Å²) in [5, 5.41) is 3.29. The maximum atomic E-state index is 11.2. The quantitative estimate of drug-likeness (QED) is 0.890. The first-order chi connectivity index (χ1) is 9.44. The summed E-state index contributed by atoms with van der Waals surface area (Å²) in [5.74, 6) is 0. The highest BCUT2D eigenvalue weighted by Gasteiger charge is 2.03. The highest BCUT2D eigenvalue weighted by atomic mass is 32.2. The van der Waals surface area contributed by atoms with Crippen LogP contribution in [0.2, 0.25) is 0 Å². The second-order valence-corrected chi connectivity index (χ2v) is 6.48. The molecule has 0 bridgehead atoms. The van der Waals surface area contributed by atoms with Gasteiger partial charge in [-0.2, -0.15) is 0 Å². The Labute approximate surface area is 119 Å². The maximum absolute atomic E-state index is 11.2. The standard InChI is InChI=1S/C15H18N2O2S/c1-12-6-3-4-7-13(12)11-16-14-8-5-9-15(10-14)17-20(2,18)19/h3-10,16-17H,11H2,1-2H3. The Kier molecular flexibility index (Phi) is 4.29. The molecular weight excluding hydrogens is 272 g/mol. The third kappa shape index (κ3) is 4.28. The minimum absolute atomic E-state index is 0.558. The van der Waals surface area contributed by atoms with E-state index in [0.29, 0.717) is 12.2 Å². The van der Waals surface area contributed by atoms with Crippen molar-refractivity contribution < 1.29 is 8.42 Å². The molecule has 4 nitrogen and oxygen atoms in total. The highest BCUT2D eigenvalue weighted by molar-refractivity contribution is 7.92. The van der Waals surface area contributed by atoms with Crippen LogP contribution >= 0.6 is 0 Å². The van der Waals surface area contributed by atoms with Crippen LogP contribution in [-0.2, 0) is 16.6 Å². The second-order valence-electron chi connectivity index (χ2n) is 4.74. The smallest absolute Gasteiger partial charge is 0.229 e. The monoisotopic (exact) mass is 290 g/mol. The number of hydrogen-bond donors (Lipinski definition) is 2. The number of hydrogen-bond acceptors (Lipinski definition) is 3. The normalized spacial score (nSPS) is 11.1. The minimum atomic E-state index is -3.25. The van der Waals surface area contributed by atoms with Crippen molar-refractivity contribution >= 4 is 21.4 Å². The molecule has 0 spiro atoms. The first kappa shape index (κ1) is 14.4. The van der Waals surface area contributed by atoms with E-state index in [2.05, 4.69) is 29.1 Å². The van der Waals surface area contributed by atoms with E-state index in [1.165, 1.54) is 11.1 Å². The molecule has 2 aromatic rings. The lowest BCUT2D eigenvalue weighted by Crippen LogP contribution is -2.09. The Bertz CT molecular complexity index is 697. The first-order valence-electron chi connectivity index (χ1n) is 6.30. The zero-order chi connectivity index (χ0) is 14.6. The molecule has 0 heterocycles. The number of aryl methyl sites for hydroxylation is 1. The van der Waals surface area contributed by atoms with E-state index >= 15 is 0 Å². The fourth-order valence-corrected chi connectivity index (χ4v) is 2.47. The van der Waals surface area contributed by atoms with Crippen molar-refractivity contribution in [3.63, 3.8) is 0 Å². The Balaban J connectivity index is 2.07. The van der Waals surface area contributed by atoms with Crippen LogP contribution in [0.25, 0.3) is 0 Å². The van der Waals surface area contributed by atoms with Crippen LogP contribution in [0, 0.1) is 6.92 Å². The van der Waals surface area contributed by atoms with E-state index < -0.39 is 10.0 Å². The number of anilines is 2. The molecule has 2 aromatic carbocycles. The molecule has 0 aliphatic heterocycles. The second kappa shape index (κ2) is 5.96. The molecule has 0 aliphatic rings. The molecule has 5 heteroatoms. The van der Waals surface area contributed by atoms with Gasteiger partial charge in [0.2, 0.25) is 10.0 Å². The topological polar surface area (TPSA) is 58.2 Å². The van der Waals surface area contributed by atoms with Crippen molar-refractivity contribution in [3.8, 4) is 0 Å². The summed E-state index contributed by atoms with van der Waals surface area (Å²) in [5.41, 5.74) is 3.88.